The number of anilines is 3. The number of rotatable bonds is 5. The maximum Gasteiger partial charge on any atom is 0.182 e. The molecule has 1 aliphatic heterocycles. The van der Waals surface area contributed by atoms with Gasteiger partial charge in [-0.2, -0.15) is 0 Å². The summed E-state index contributed by atoms with van der Waals surface area (Å²) in [5.41, 5.74) is 8.70. The number of piperazine rings is 1. The lowest BCUT2D eigenvalue weighted by atomic mass is 10.2. The minimum absolute atomic E-state index is 0.451. The van der Waals surface area contributed by atoms with Gasteiger partial charge in [0.05, 0.1) is 0 Å². The third-order valence-corrected chi connectivity index (χ3v) is 5.17. The van der Waals surface area contributed by atoms with E-state index < -0.39 is 0 Å². The van der Waals surface area contributed by atoms with Gasteiger partial charge in [-0.05, 0) is 37.7 Å². The Morgan fingerprint density at radius 2 is 1.86 bits per heavy atom. The molecule has 3 aromatic heterocycles. The van der Waals surface area contributed by atoms with E-state index in [9.17, 15) is 0 Å². The van der Waals surface area contributed by atoms with Crippen LogP contribution in [-0.4, -0.2) is 58.1 Å². The summed E-state index contributed by atoms with van der Waals surface area (Å²) in [5, 5.41) is 3.37. The third kappa shape index (κ3) is 4.43. The molecule has 1 aliphatic rings. The first-order valence-electron chi connectivity index (χ1n) is 9.78. The lowest BCUT2D eigenvalue weighted by Crippen LogP contribution is -2.44. The van der Waals surface area contributed by atoms with Gasteiger partial charge in [0.25, 0.3) is 0 Å². The van der Waals surface area contributed by atoms with Crippen molar-refractivity contribution in [2.75, 3.05) is 49.2 Å². The number of likely N-dealkylation sites (N-methyl/N-ethyl adjacent to an activating group) is 1. The van der Waals surface area contributed by atoms with Crippen LogP contribution in [0.25, 0.3) is 11.5 Å². The molecule has 8 nitrogen and oxygen atoms in total. The quantitative estimate of drug-likeness (QED) is 0.684. The highest BCUT2D eigenvalue weighted by Gasteiger charge is 2.15. The number of aromatic nitrogens is 4. The molecular formula is C21H26N8. The summed E-state index contributed by atoms with van der Waals surface area (Å²) in [5.74, 6) is 2.70. The molecule has 0 unspecified atom stereocenters. The fourth-order valence-corrected chi connectivity index (χ4v) is 3.25. The van der Waals surface area contributed by atoms with Crippen LogP contribution in [0.1, 0.15) is 11.1 Å². The maximum absolute atomic E-state index is 6.10. The van der Waals surface area contributed by atoms with Gasteiger partial charge in [-0.3, -0.25) is 4.98 Å². The zero-order valence-electron chi connectivity index (χ0n) is 16.8. The van der Waals surface area contributed by atoms with Crippen LogP contribution < -0.4 is 16.0 Å². The molecule has 150 valence electrons. The maximum atomic E-state index is 6.10. The number of nitrogens with zero attached hydrogens (tertiary/aromatic N) is 6. The monoisotopic (exact) mass is 390 g/mol. The van der Waals surface area contributed by atoms with Crippen molar-refractivity contribution in [3.05, 3.63) is 53.9 Å². The van der Waals surface area contributed by atoms with E-state index in [0.717, 1.165) is 43.1 Å². The smallest absolute Gasteiger partial charge is 0.182 e. The molecule has 0 bridgehead atoms. The molecule has 3 N–H and O–H groups in total. The number of nitrogens with one attached hydrogen (secondary N) is 1. The Bertz CT molecular complexity index is 950. The molecule has 8 heteroatoms. The van der Waals surface area contributed by atoms with Gasteiger partial charge >= 0.3 is 0 Å². The topological polar surface area (TPSA) is 96.1 Å². The van der Waals surface area contributed by atoms with Crippen LogP contribution in [0.4, 0.5) is 17.5 Å². The van der Waals surface area contributed by atoms with Crippen LogP contribution in [0.15, 0.2) is 42.7 Å². The zero-order chi connectivity index (χ0) is 20.2. The van der Waals surface area contributed by atoms with E-state index in [4.69, 9.17) is 5.73 Å². The van der Waals surface area contributed by atoms with Gasteiger partial charge < -0.3 is 20.9 Å². The Labute approximate surface area is 170 Å². The third-order valence-electron chi connectivity index (χ3n) is 5.17. The van der Waals surface area contributed by atoms with Gasteiger partial charge in [-0.15, -0.1) is 0 Å². The molecule has 0 aromatic carbocycles. The number of hydrogen-bond donors (Lipinski definition) is 2. The Hall–Kier alpha value is -3.26. The Balaban J connectivity index is 1.45. The summed E-state index contributed by atoms with van der Waals surface area (Å²) in [7, 11) is 2.15. The van der Waals surface area contributed by atoms with Crippen LogP contribution in [0, 0.1) is 6.92 Å². The van der Waals surface area contributed by atoms with Crippen molar-refractivity contribution in [3.63, 3.8) is 0 Å². The zero-order valence-corrected chi connectivity index (χ0v) is 16.8. The molecular weight excluding hydrogens is 364 g/mol. The normalized spacial score (nSPS) is 14.8. The van der Waals surface area contributed by atoms with E-state index in [0.29, 0.717) is 29.7 Å². The second-order valence-corrected chi connectivity index (χ2v) is 7.29. The fourth-order valence-electron chi connectivity index (χ4n) is 3.25. The number of hydrogen-bond acceptors (Lipinski definition) is 8. The highest BCUT2D eigenvalue weighted by atomic mass is 15.3. The molecule has 0 spiro atoms. The van der Waals surface area contributed by atoms with E-state index in [-0.39, 0.29) is 0 Å². The average molecular weight is 390 g/mol. The number of pyridine rings is 2. The summed E-state index contributed by atoms with van der Waals surface area (Å²) in [6.45, 7) is 6.67. The lowest BCUT2D eigenvalue weighted by Gasteiger charge is -2.33. The Kier molecular flexibility index (Phi) is 5.53. The highest BCUT2D eigenvalue weighted by molar-refractivity contribution is 5.62. The van der Waals surface area contributed by atoms with E-state index in [1.807, 2.05) is 31.3 Å². The first-order chi connectivity index (χ1) is 14.1. The molecule has 1 saturated heterocycles. The van der Waals surface area contributed by atoms with Gasteiger partial charge in [0.1, 0.15) is 23.1 Å². The molecule has 3 aromatic rings. The lowest BCUT2D eigenvalue weighted by molar-refractivity contribution is 0.312. The first-order valence-corrected chi connectivity index (χ1v) is 9.78. The van der Waals surface area contributed by atoms with Gasteiger partial charge in [-0.25, -0.2) is 15.0 Å². The van der Waals surface area contributed by atoms with Crippen LogP contribution in [0.2, 0.25) is 0 Å². The van der Waals surface area contributed by atoms with E-state index in [1.54, 1.807) is 6.20 Å². The largest absolute Gasteiger partial charge is 0.383 e. The minimum Gasteiger partial charge on any atom is -0.383 e. The van der Waals surface area contributed by atoms with Crippen molar-refractivity contribution < 1.29 is 0 Å². The second kappa shape index (κ2) is 8.40. The summed E-state index contributed by atoms with van der Waals surface area (Å²) in [6.07, 6.45) is 3.63. The predicted molar refractivity (Wildman–Crippen MR) is 116 cm³/mol. The van der Waals surface area contributed by atoms with E-state index in [2.05, 4.69) is 54.2 Å². The van der Waals surface area contributed by atoms with Crippen molar-refractivity contribution >= 4 is 17.5 Å². The van der Waals surface area contributed by atoms with Crippen LogP contribution in [0.3, 0.4) is 0 Å². The summed E-state index contributed by atoms with van der Waals surface area (Å²) in [4.78, 5) is 22.6. The van der Waals surface area contributed by atoms with E-state index >= 15 is 0 Å². The molecule has 4 rings (SSSR count). The highest BCUT2D eigenvalue weighted by Crippen LogP contribution is 2.23. The van der Waals surface area contributed by atoms with Gasteiger partial charge in [0, 0.05) is 50.7 Å². The molecule has 0 atom stereocenters. The molecule has 29 heavy (non-hydrogen) atoms. The summed E-state index contributed by atoms with van der Waals surface area (Å²) in [6, 6.07) is 9.83. The number of nitrogens with two attached hydrogens (primary N) is 1. The summed E-state index contributed by atoms with van der Waals surface area (Å²) >= 11 is 0. The van der Waals surface area contributed by atoms with Crippen LogP contribution >= 0.6 is 0 Å². The van der Waals surface area contributed by atoms with Crippen LogP contribution in [0.5, 0.6) is 0 Å². The van der Waals surface area contributed by atoms with Gasteiger partial charge in [0.15, 0.2) is 5.82 Å². The van der Waals surface area contributed by atoms with Crippen molar-refractivity contribution in [2.24, 2.45) is 0 Å². The minimum atomic E-state index is 0.451. The van der Waals surface area contributed by atoms with Crippen LogP contribution in [-0.2, 0) is 6.54 Å². The van der Waals surface area contributed by atoms with Crippen molar-refractivity contribution in [3.8, 4) is 11.5 Å². The molecule has 0 amide bonds. The van der Waals surface area contributed by atoms with Gasteiger partial charge in [-0.1, -0.05) is 12.1 Å². The standard InChI is InChI=1S/C21H26N8/c1-15-19(22)26-21(17-5-3-4-8-23-17)27-20(15)25-14-16-6-7-18(24-13-16)29-11-9-28(2)10-12-29/h3-8,13H,9-12,14H2,1-2H3,(H3,22,25,26,27). The molecule has 4 heterocycles. The number of nitrogen functional groups attached to an aromatic ring is 1. The second-order valence-electron chi connectivity index (χ2n) is 7.29. The molecule has 0 aliphatic carbocycles. The molecule has 0 saturated carbocycles. The average Bonchev–Trinajstić information content (AvgIpc) is 2.76. The summed E-state index contributed by atoms with van der Waals surface area (Å²) < 4.78 is 0. The molecule has 0 radical (unpaired) electrons. The molecule has 1 fully saturated rings. The SMILES string of the molecule is Cc1c(N)nc(-c2ccccn2)nc1NCc1ccc(N2CCN(C)CC2)nc1. The Morgan fingerprint density at radius 3 is 2.55 bits per heavy atom. The van der Waals surface area contributed by atoms with Crippen molar-refractivity contribution in [1.82, 2.24) is 24.8 Å². The van der Waals surface area contributed by atoms with Gasteiger partial charge in [0.2, 0.25) is 0 Å². The van der Waals surface area contributed by atoms with Crippen molar-refractivity contribution in [1.29, 1.82) is 0 Å². The van der Waals surface area contributed by atoms with Crippen molar-refractivity contribution in [2.45, 2.75) is 13.5 Å². The first kappa shape index (κ1) is 19.1. The predicted octanol–water partition coefficient (Wildman–Crippen LogP) is 2.19. The fraction of sp³-hybridized carbons (Fsp3) is 0.333. The Morgan fingerprint density at radius 1 is 1.03 bits per heavy atom. The van der Waals surface area contributed by atoms with E-state index in [1.165, 1.54) is 0 Å².